The van der Waals surface area contributed by atoms with Crippen LogP contribution in [0.15, 0.2) is 22.7 Å². The van der Waals surface area contributed by atoms with Gasteiger partial charge in [0, 0.05) is 5.02 Å². The molecular weight excluding hydrogens is 311 g/mol. The monoisotopic (exact) mass is 321 g/mol. The van der Waals surface area contributed by atoms with E-state index in [1.807, 2.05) is 0 Å². The SMILES string of the molecule is COc1cc(Cl)ccc1-c1noc(CNCC(F)(F)F)n1. The molecule has 0 aliphatic rings. The van der Waals surface area contributed by atoms with E-state index in [1.54, 1.807) is 18.2 Å². The highest BCUT2D eigenvalue weighted by molar-refractivity contribution is 6.30. The zero-order chi connectivity index (χ0) is 15.5. The molecule has 5 nitrogen and oxygen atoms in total. The van der Waals surface area contributed by atoms with Crippen molar-refractivity contribution in [2.45, 2.75) is 12.7 Å². The van der Waals surface area contributed by atoms with Gasteiger partial charge in [0.15, 0.2) is 0 Å². The Bertz CT molecular complexity index is 616. The smallest absolute Gasteiger partial charge is 0.401 e. The van der Waals surface area contributed by atoms with Gasteiger partial charge in [0.25, 0.3) is 0 Å². The lowest BCUT2D eigenvalue weighted by Crippen LogP contribution is -2.28. The van der Waals surface area contributed by atoms with E-state index in [1.165, 1.54) is 7.11 Å². The van der Waals surface area contributed by atoms with Crippen molar-refractivity contribution >= 4 is 11.6 Å². The number of benzene rings is 1. The van der Waals surface area contributed by atoms with Crippen LogP contribution in [-0.2, 0) is 6.54 Å². The van der Waals surface area contributed by atoms with Crippen LogP contribution < -0.4 is 10.1 Å². The summed E-state index contributed by atoms with van der Waals surface area (Å²) in [6, 6.07) is 4.84. The number of hydrogen-bond donors (Lipinski definition) is 1. The first kappa shape index (κ1) is 15.6. The van der Waals surface area contributed by atoms with Crippen LogP contribution in [0.4, 0.5) is 13.2 Å². The molecule has 1 aromatic heterocycles. The van der Waals surface area contributed by atoms with Crippen molar-refractivity contribution in [1.82, 2.24) is 15.5 Å². The maximum atomic E-state index is 12.0. The molecule has 0 bridgehead atoms. The van der Waals surface area contributed by atoms with Crippen LogP contribution in [0, 0.1) is 0 Å². The van der Waals surface area contributed by atoms with Gasteiger partial charge < -0.3 is 14.6 Å². The molecule has 0 fully saturated rings. The number of ether oxygens (including phenoxy) is 1. The molecule has 0 unspecified atom stereocenters. The summed E-state index contributed by atoms with van der Waals surface area (Å²) in [4.78, 5) is 4.01. The molecule has 2 rings (SSSR count). The Balaban J connectivity index is 2.09. The summed E-state index contributed by atoms with van der Waals surface area (Å²) in [5, 5.41) is 6.36. The van der Waals surface area contributed by atoms with Crippen molar-refractivity contribution in [3.8, 4) is 17.1 Å². The number of nitrogens with zero attached hydrogens (tertiary/aromatic N) is 2. The molecule has 114 valence electrons. The van der Waals surface area contributed by atoms with E-state index in [0.29, 0.717) is 16.3 Å². The van der Waals surface area contributed by atoms with E-state index in [0.717, 1.165) is 0 Å². The molecule has 0 spiro atoms. The first-order valence-electron chi connectivity index (χ1n) is 5.83. The van der Waals surface area contributed by atoms with Gasteiger partial charge in [0.05, 0.1) is 25.8 Å². The van der Waals surface area contributed by atoms with Gasteiger partial charge in [-0.3, -0.25) is 0 Å². The van der Waals surface area contributed by atoms with E-state index >= 15 is 0 Å². The minimum Gasteiger partial charge on any atom is -0.496 e. The molecule has 1 heterocycles. The third kappa shape index (κ3) is 4.33. The average molecular weight is 322 g/mol. The standard InChI is InChI=1S/C12H11ClF3N3O2/c1-20-9-4-7(13)2-3-8(9)11-18-10(21-19-11)5-17-6-12(14,15)16/h2-4,17H,5-6H2,1H3. The third-order valence-electron chi connectivity index (χ3n) is 2.47. The number of aromatic nitrogens is 2. The van der Waals surface area contributed by atoms with Crippen molar-refractivity contribution < 1.29 is 22.4 Å². The molecule has 0 saturated carbocycles. The number of nitrogens with one attached hydrogen (secondary N) is 1. The fraction of sp³-hybridized carbons (Fsp3) is 0.333. The van der Waals surface area contributed by atoms with Gasteiger partial charge >= 0.3 is 6.18 Å². The molecule has 0 aliphatic carbocycles. The number of alkyl halides is 3. The van der Waals surface area contributed by atoms with Gasteiger partial charge in [-0.2, -0.15) is 18.2 Å². The van der Waals surface area contributed by atoms with Gasteiger partial charge in [0.2, 0.25) is 11.7 Å². The Kier molecular flexibility index (Phi) is 4.69. The van der Waals surface area contributed by atoms with Crippen molar-refractivity contribution in [2.24, 2.45) is 0 Å². The topological polar surface area (TPSA) is 60.2 Å². The van der Waals surface area contributed by atoms with Crippen molar-refractivity contribution in [3.05, 3.63) is 29.1 Å². The van der Waals surface area contributed by atoms with Crippen LogP contribution in [-0.4, -0.2) is 30.0 Å². The van der Waals surface area contributed by atoms with E-state index in [2.05, 4.69) is 15.5 Å². The zero-order valence-electron chi connectivity index (χ0n) is 10.9. The van der Waals surface area contributed by atoms with Crippen LogP contribution in [0.25, 0.3) is 11.4 Å². The molecule has 9 heteroatoms. The van der Waals surface area contributed by atoms with Gasteiger partial charge in [-0.05, 0) is 18.2 Å². The summed E-state index contributed by atoms with van der Waals surface area (Å²) >= 11 is 5.84. The first-order chi connectivity index (χ1) is 9.89. The van der Waals surface area contributed by atoms with E-state index in [-0.39, 0.29) is 18.3 Å². The maximum Gasteiger partial charge on any atom is 0.401 e. The predicted molar refractivity (Wildman–Crippen MR) is 69.1 cm³/mol. The minimum absolute atomic E-state index is 0.0475. The molecule has 0 amide bonds. The molecule has 0 radical (unpaired) electrons. The van der Waals surface area contributed by atoms with Crippen LogP contribution >= 0.6 is 11.6 Å². The second kappa shape index (κ2) is 6.31. The zero-order valence-corrected chi connectivity index (χ0v) is 11.6. The van der Waals surface area contributed by atoms with Crippen LogP contribution in [0.1, 0.15) is 5.89 Å². The Hall–Kier alpha value is -1.80. The first-order valence-corrected chi connectivity index (χ1v) is 6.21. The number of rotatable bonds is 5. The normalized spacial score (nSPS) is 11.7. The molecule has 1 N–H and O–H groups in total. The average Bonchev–Trinajstić information content (AvgIpc) is 2.85. The van der Waals surface area contributed by atoms with Crippen molar-refractivity contribution in [3.63, 3.8) is 0 Å². The minimum atomic E-state index is -4.29. The molecule has 0 atom stereocenters. The van der Waals surface area contributed by atoms with Crippen LogP contribution in [0.3, 0.4) is 0 Å². The Morgan fingerprint density at radius 3 is 2.81 bits per heavy atom. The van der Waals surface area contributed by atoms with Gasteiger partial charge in [-0.1, -0.05) is 16.8 Å². The molecule has 0 saturated heterocycles. The summed E-state index contributed by atoms with van der Waals surface area (Å²) in [5.41, 5.74) is 0.535. The van der Waals surface area contributed by atoms with E-state index in [4.69, 9.17) is 20.9 Å². The van der Waals surface area contributed by atoms with E-state index < -0.39 is 12.7 Å². The molecular formula is C12H11ClF3N3O2. The highest BCUT2D eigenvalue weighted by atomic mass is 35.5. The Morgan fingerprint density at radius 1 is 1.38 bits per heavy atom. The third-order valence-corrected chi connectivity index (χ3v) is 2.71. The molecule has 0 aliphatic heterocycles. The number of methoxy groups -OCH3 is 1. The van der Waals surface area contributed by atoms with Crippen molar-refractivity contribution in [2.75, 3.05) is 13.7 Å². The fourth-order valence-corrected chi connectivity index (χ4v) is 1.76. The van der Waals surface area contributed by atoms with Gasteiger partial charge in [-0.25, -0.2) is 0 Å². The lowest BCUT2D eigenvalue weighted by atomic mass is 10.2. The summed E-state index contributed by atoms with van der Waals surface area (Å²) in [6.07, 6.45) is -4.29. The van der Waals surface area contributed by atoms with Crippen LogP contribution in [0.2, 0.25) is 5.02 Å². The number of halogens is 4. The largest absolute Gasteiger partial charge is 0.496 e. The van der Waals surface area contributed by atoms with Gasteiger partial charge in [-0.15, -0.1) is 0 Å². The highest BCUT2D eigenvalue weighted by Gasteiger charge is 2.26. The summed E-state index contributed by atoms with van der Waals surface area (Å²) in [7, 11) is 1.46. The highest BCUT2D eigenvalue weighted by Crippen LogP contribution is 2.30. The van der Waals surface area contributed by atoms with Gasteiger partial charge in [0.1, 0.15) is 5.75 Å². The predicted octanol–water partition coefficient (Wildman–Crippen LogP) is 3.05. The maximum absolute atomic E-state index is 12.0. The van der Waals surface area contributed by atoms with Crippen molar-refractivity contribution in [1.29, 1.82) is 0 Å². The molecule has 2 aromatic rings. The summed E-state index contributed by atoms with van der Waals surface area (Å²) in [5.74, 6) is 0.705. The second-order valence-electron chi connectivity index (χ2n) is 4.08. The summed E-state index contributed by atoms with van der Waals surface area (Å²) in [6.45, 7) is -1.31. The molecule has 1 aromatic carbocycles. The summed E-state index contributed by atoms with van der Waals surface area (Å²) < 4.78 is 46.0. The van der Waals surface area contributed by atoms with E-state index in [9.17, 15) is 13.2 Å². The number of hydrogen-bond acceptors (Lipinski definition) is 5. The molecule has 21 heavy (non-hydrogen) atoms. The fourth-order valence-electron chi connectivity index (χ4n) is 1.60. The lowest BCUT2D eigenvalue weighted by molar-refractivity contribution is -0.125. The quantitative estimate of drug-likeness (QED) is 0.917. The lowest BCUT2D eigenvalue weighted by Gasteiger charge is -2.05. The second-order valence-corrected chi connectivity index (χ2v) is 4.51. The Labute approximate surface area is 123 Å². The Morgan fingerprint density at radius 2 is 2.14 bits per heavy atom. The van der Waals surface area contributed by atoms with Crippen LogP contribution in [0.5, 0.6) is 5.75 Å².